The third kappa shape index (κ3) is 3.28. The Morgan fingerprint density at radius 1 is 1.17 bits per heavy atom. The lowest BCUT2D eigenvalue weighted by molar-refractivity contribution is -0.145. The van der Waals surface area contributed by atoms with E-state index in [-0.39, 0.29) is 35.0 Å². The minimum atomic E-state index is -0.338. The van der Waals surface area contributed by atoms with Gasteiger partial charge >= 0.3 is 0 Å². The van der Waals surface area contributed by atoms with Gasteiger partial charge in [0.25, 0.3) is 5.56 Å². The number of anilines is 1. The van der Waals surface area contributed by atoms with Gasteiger partial charge in [0.15, 0.2) is 5.82 Å². The zero-order valence-electron chi connectivity index (χ0n) is 13.3. The van der Waals surface area contributed by atoms with Crippen LogP contribution in [0.4, 0.5) is 5.82 Å². The van der Waals surface area contributed by atoms with Gasteiger partial charge in [-0.1, -0.05) is 19.3 Å². The molecule has 2 amide bonds. The summed E-state index contributed by atoms with van der Waals surface area (Å²) in [6, 6.07) is 0. The molecule has 0 aromatic carbocycles. The van der Waals surface area contributed by atoms with E-state index in [1.165, 1.54) is 23.4 Å². The number of carbonyl (C=O) groups excluding carboxylic acids is 2. The number of hydrogen-bond donors (Lipinski definition) is 1. The van der Waals surface area contributed by atoms with Gasteiger partial charge < -0.3 is 14.8 Å². The predicted molar refractivity (Wildman–Crippen MR) is 84.8 cm³/mol. The zero-order chi connectivity index (χ0) is 16.4. The van der Waals surface area contributed by atoms with E-state index < -0.39 is 0 Å². The van der Waals surface area contributed by atoms with Gasteiger partial charge in [0.1, 0.15) is 0 Å². The van der Waals surface area contributed by atoms with Crippen LogP contribution in [0.3, 0.4) is 0 Å². The Hall–Kier alpha value is -2.18. The van der Waals surface area contributed by atoms with Gasteiger partial charge in [0.05, 0.1) is 5.92 Å². The van der Waals surface area contributed by atoms with Crippen molar-refractivity contribution in [1.82, 2.24) is 14.5 Å². The third-order valence-corrected chi connectivity index (χ3v) is 4.78. The number of rotatable bonds is 3. The quantitative estimate of drug-likeness (QED) is 0.891. The van der Waals surface area contributed by atoms with Crippen molar-refractivity contribution in [2.75, 3.05) is 18.4 Å². The van der Waals surface area contributed by atoms with Gasteiger partial charge in [-0.2, -0.15) is 0 Å². The van der Waals surface area contributed by atoms with Crippen molar-refractivity contribution in [2.45, 2.75) is 32.1 Å². The molecule has 3 rings (SSSR count). The monoisotopic (exact) mass is 318 g/mol. The summed E-state index contributed by atoms with van der Waals surface area (Å²) < 4.78 is 1.36. The molecule has 124 valence electrons. The summed E-state index contributed by atoms with van der Waals surface area (Å²) in [6.07, 6.45) is 8.40. The highest BCUT2D eigenvalue weighted by Crippen LogP contribution is 2.28. The molecule has 1 aromatic heterocycles. The van der Waals surface area contributed by atoms with Gasteiger partial charge in [0.2, 0.25) is 11.8 Å². The second-order valence-electron chi connectivity index (χ2n) is 6.46. The van der Waals surface area contributed by atoms with Crippen molar-refractivity contribution in [1.29, 1.82) is 0 Å². The molecule has 1 saturated carbocycles. The fraction of sp³-hybridized carbons (Fsp3) is 0.625. The Labute approximate surface area is 134 Å². The van der Waals surface area contributed by atoms with Crippen LogP contribution in [0, 0.1) is 11.8 Å². The molecular formula is C16H22N4O3. The number of nitrogens with zero attached hydrogens (tertiary/aromatic N) is 3. The molecule has 2 heterocycles. The second kappa shape index (κ2) is 6.52. The lowest BCUT2D eigenvalue weighted by Crippen LogP contribution is -2.56. The van der Waals surface area contributed by atoms with Gasteiger partial charge in [0, 0.05) is 38.4 Å². The lowest BCUT2D eigenvalue weighted by atomic mass is 9.86. The van der Waals surface area contributed by atoms with Crippen molar-refractivity contribution in [2.24, 2.45) is 18.9 Å². The molecule has 0 spiro atoms. The van der Waals surface area contributed by atoms with Gasteiger partial charge in [-0.05, 0) is 12.8 Å². The number of amides is 2. The molecule has 0 radical (unpaired) electrons. The maximum absolute atomic E-state index is 12.3. The molecule has 0 unspecified atom stereocenters. The molecule has 7 heteroatoms. The van der Waals surface area contributed by atoms with Crippen LogP contribution < -0.4 is 10.9 Å². The Kier molecular flexibility index (Phi) is 4.45. The molecule has 0 bridgehead atoms. The Morgan fingerprint density at radius 2 is 1.87 bits per heavy atom. The van der Waals surface area contributed by atoms with Crippen molar-refractivity contribution in [3.63, 3.8) is 0 Å². The number of carbonyl (C=O) groups is 2. The van der Waals surface area contributed by atoms with E-state index in [9.17, 15) is 14.4 Å². The van der Waals surface area contributed by atoms with Gasteiger partial charge in [-0.25, -0.2) is 4.98 Å². The van der Waals surface area contributed by atoms with Crippen LogP contribution in [0.25, 0.3) is 0 Å². The van der Waals surface area contributed by atoms with E-state index in [1.807, 2.05) is 0 Å². The Morgan fingerprint density at radius 3 is 2.57 bits per heavy atom. The van der Waals surface area contributed by atoms with E-state index in [1.54, 1.807) is 11.9 Å². The molecule has 1 aliphatic carbocycles. The minimum absolute atomic E-state index is 0.0389. The maximum atomic E-state index is 12.3. The summed E-state index contributed by atoms with van der Waals surface area (Å²) in [5.74, 6) is -0.141. The van der Waals surface area contributed by atoms with Crippen LogP contribution in [0.1, 0.15) is 32.1 Å². The van der Waals surface area contributed by atoms with E-state index in [4.69, 9.17) is 0 Å². The van der Waals surface area contributed by atoms with Crippen LogP contribution in [0.5, 0.6) is 0 Å². The largest absolute Gasteiger partial charge is 0.341 e. The van der Waals surface area contributed by atoms with Crippen LogP contribution in [-0.4, -0.2) is 39.4 Å². The number of hydrogen-bond acceptors (Lipinski definition) is 4. The smallest absolute Gasteiger partial charge is 0.293 e. The van der Waals surface area contributed by atoms with Gasteiger partial charge in [-0.3, -0.25) is 14.4 Å². The molecule has 1 saturated heterocycles. The van der Waals surface area contributed by atoms with E-state index in [0.717, 1.165) is 25.7 Å². The number of aryl methyl sites for hydroxylation is 1. The van der Waals surface area contributed by atoms with Crippen molar-refractivity contribution >= 4 is 17.6 Å². The maximum Gasteiger partial charge on any atom is 0.293 e. The highest BCUT2D eigenvalue weighted by molar-refractivity contribution is 5.94. The molecule has 0 atom stereocenters. The van der Waals surface area contributed by atoms with Crippen LogP contribution in [-0.2, 0) is 16.6 Å². The first-order valence-electron chi connectivity index (χ1n) is 8.17. The summed E-state index contributed by atoms with van der Waals surface area (Å²) in [6.45, 7) is 0.878. The molecule has 1 aliphatic heterocycles. The minimum Gasteiger partial charge on any atom is -0.341 e. The number of nitrogens with one attached hydrogen (secondary N) is 1. The first kappa shape index (κ1) is 15.7. The summed E-state index contributed by atoms with van der Waals surface area (Å²) in [5.41, 5.74) is -0.338. The van der Waals surface area contributed by atoms with Crippen LogP contribution in [0.2, 0.25) is 0 Å². The van der Waals surface area contributed by atoms with E-state index in [2.05, 4.69) is 10.3 Å². The SMILES string of the molecule is Cn1ccnc(NC(=O)C2CN(C(=O)C3CCCCC3)C2)c1=O. The fourth-order valence-electron chi connectivity index (χ4n) is 3.23. The number of likely N-dealkylation sites (tertiary alicyclic amines) is 1. The highest BCUT2D eigenvalue weighted by Gasteiger charge is 2.38. The second-order valence-corrected chi connectivity index (χ2v) is 6.46. The van der Waals surface area contributed by atoms with Crippen molar-refractivity contribution in [3.05, 3.63) is 22.7 Å². The molecule has 2 aliphatic rings. The molecule has 1 aromatic rings. The van der Waals surface area contributed by atoms with Crippen LogP contribution in [0.15, 0.2) is 17.2 Å². The average Bonchev–Trinajstić information content (AvgIpc) is 2.51. The molecule has 23 heavy (non-hydrogen) atoms. The third-order valence-electron chi connectivity index (χ3n) is 4.78. The Bertz CT molecular complexity index is 658. The zero-order valence-corrected chi connectivity index (χ0v) is 13.3. The predicted octanol–water partition coefficient (Wildman–Crippen LogP) is 0.757. The molecule has 7 nitrogen and oxygen atoms in total. The summed E-state index contributed by atoms with van der Waals surface area (Å²) in [4.78, 5) is 42.0. The van der Waals surface area contributed by atoms with Crippen molar-refractivity contribution < 1.29 is 9.59 Å². The summed E-state index contributed by atoms with van der Waals surface area (Å²) in [7, 11) is 1.60. The summed E-state index contributed by atoms with van der Waals surface area (Å²) in [5, 5.41) is 2.57. The highest BCUT2D eigenvalue weighted by atomic mass is 16.2. The first-order valence-corrected chi connectivity index (χ1v) is 8.17. The average molecular weight is 318 g/mol. The molecule has 2 fully saturated rings. The van der Waals surface area contributed by atoms with E-state index >= 15 is 0 Å². The fourth-order valence-corrected chi connectivity index (χ4v) is 3.23. The van der Waals surface area contributed by atoms with Crippen molar-refractivity contribution in [3.8, 4) is 0 Å². The first-order chi connectivity index (χ1) is 11.1. The standard InChI is InChI=1S/C16H22N4O3/c1-19-8-7-17-13(16(19)23)18-14(21)12-9-20(10-12)15(22)11-5-3-2-4-6-11/h7-8,11-12H,2-6,9-10H2,1H3,(H,17,18,21). The summed E-state index contributed by atoms with van der Waals surface area (Å²) >= 11 is 0. The van der Waals surface area contributed by atoms with Crippen LogP contribution >= 0.6 is 0 Å². The topological polar surface area (TPSA) is 84.3 Å². The lowest BCUT2D eigenvalue weighted by Gasteiger charge is -2.40. The van der Waals surface area contributed by atoms with E-state index in [0.29, 0.717) is 13.1 Å². The number of aromatic nitrogens is 2. The Balaban J connectivity index is 1.52. The normalized spacial score (nSPS) is 19.3. The molecular weight excluding hydrogens is 296 g/mol. The molecule has 1 N–H and O–H groups in total. The van der Waals surface area contributed by atoms with Gasteiger partial charge in [-0.15, -0.1) is 0 Å².